The van der Waals surface area contributed by atoms with Gasteiger partial charge in [0.05, 0.1) is 23.1 Å². The number of hydrogen-bond acceptors (Lipinski definition) is 3. The maximum absolute atomic E-state index is 12.7. The second kappa shape index (κ2) is 10.9. The van der Waals surface area contributed by atoms with Crippen molar-refractivity contribution in [2.75, 3.05) is 0 Å². The molecular formula is C37H31N3O3. The maximum Gasteiger partial charge on any atom is 0.337 e. The zero-order valence-corrected chi connectivity index (χ0v) is 23.8. The standard InChI is InChI=1S/C37H31N3O3/c1-24-10-9-15-30-34(24)27(23-39(30)21-19-32(41)26-12-3-2-4-13-26)22-31-36(38-33-16-7-8-20-40(31)33)29-18-17-25-11-5-6-14-28(25)35(29)37(42)43/h2-18,20,23,32,41H,19,21-22H2,1H3,(H,42,43)/t32-/m1/s1. The van der Waals surface area contributed by atoms with Crippen LogP contribution in [0.15, 0.2) is 116 Å². The molecule has 0 radical (unpaired) electrons. The van der Waals surface area contributed by atoms with Crippen LogP contribution in [0.4, 0.5) is 0 Å². The molecule has 0 amide bonds. The van der Waals surface area contributed by atoms with E-state index in [9.17, 15) is 15.0 Å². The Bertz CT molecular complexity index is 2120. The Morgan fingerprint density at radius 1 is 0.884 bits per heavy atom. The number of fused-ring (bicyclic) bond motifs is 3. The third-order valence-electron chi connectivity index (χ3n) is 8.41. The van der Waals surface area contributed by atoms with Crippen LogP contribution in [0.2, 0.25) is 0 Å². The third kappa shape index (κ3) is 4.76. The zero-order valence-electron chi connectivity index (χ0n) is 23.8. The lowest BCUT2D eigenvalue weighted by Crippen LogP contribution is -2.04. The van der Waals surface area contributed by atoms with E-state index in [-0.39, 0.29) is 5.56 Å². The van der Waals surface area contributed by atoms with Crippen LogP contribution in [0.5, 0.6) is 0 Å². The van der Waals surface area contributed by atoms with Gasteiger partial charge in [0.1, 0.15) is 5.65 Å². The van der Waals surface area contributed by atoms with Gasteiger partial charge in [0.15, 0.2) is 0 Å². The summed E-state index contributed by atoms with van der Waals surface area (Å²) in [4.78, 5) is 17.7. The minimum absolute atomic E-state index is 0.260. The molecular weight excluding hydrogens is 534 g/mol. The SMILES string of the molecule is Cc1cccc2c1c(Cc1c(-c3ccc4ccccc4c3C(=O)O)nc3ccccn13)cn2CC[C@@H](O)c1ccccc1. The van der Waals surface area contributed by atoms with Gasteiger partial charge < -0.3 is 19.2 Å². The van der Waals surface area contributed by atoms with E-state index in [4.69, 9.17) is 4.98 Å². The normalized spacial score (nSPS) is 12.3. The van der Waals surface area contributed by atoms with Crippen LogP contribution in [-0.4, -0.2) is 30.1 Å². The first-order chi connectivity index (χ1) is 21.0. The van der Waals surface area contributed by atoms with Crippen LogP contribution in [0.1, 0.15) is 45.3 Å². The minimum atomic E-state index is -0.973. The number of imidazole rings is 1. The number of pyridine rings is 1. The number of rotatable bonds is 8. The fourth-order valence-corrected chi connectivity index (χ4v) is 6.36. The highest BCUT2D eigenvalue weighted by atomic mass is 16.4. The van der Waals surface area contributed by atoms with Gasteiger partial charge >= 0.3 is 5.97 Å². The molecule has 7 rings (SSSR count). The lowest BCUT2D eigenvalue weighted by atomic mass is 9.94. The van der Waals surface area contributed by atoms with Crippen LogP contribution in [0, 0.1) is 6.92 Å². The molecule has 6 heteroatoms. The summed E-state index contributed by atoms with van der Waals surface area (Å²) in [6.07, 6.45) is 4.76. The molecule has 43 heavy (non-hydrogen) atoms. The molecule has 1 atom stereocenters. The van der Waals surface area contributed by atoms with Crippen molar-refractivity contribution in [1.29, 1.82) is 0 Å². The molecule has 0 unspecified atom stereocenters. The molecule has 0 aliphatic rings. The zero-order chi connectivity index (χ0) is 29.5. The molecule has 0 saturated heterocycles. The van der Waals surface area contributed by atoms with Gasteiger partial charge in [-0.1, -0.05) is 84.9 Å². The van der Waals surface area contributed by atoms with Crippen molar-refractivity contribution in [3.63, 3.8) is 0 Å². The van der Waals surface area contributed by atoms with E-state index in [1.165, 1.54) is 10.9 Å². The summed E-state index contributed by atoms with van der Waals surface area (Å²) in [5.41, 5.74) is 7.56. The van der Waals surface area contributed by atoms with Crippen molar-refractivity contribution in [3.8, 4) is 11.3 Å². The summed E-state index contributed by atoms with van der Waals surface area (Å²) < 4.78 is 4.29. The number of hydrogen-bond donors (Lipinski definition) is 2. The number of aromatic carboxylic acids is 1. The van der Waals surface area contributed by atoms with Gasteiger partial charge in [-0.15, -0.1) is 0 Å². The molecule has 0 saturated carbocycles. The van der Waals surface area contributed by atoms with Crippen molar-refractivity contribution >= 4 is 33.3 Å². The molecule has 0 bridgehead atoms. The number of aliphatic hydroxyl groups excluding tert-OH is 1. The number of carboxylic acid groups (broad SMARTS) is 1. The largest absolute Gasteiger partial charge is 0.478 e. The monoisotopic (exact) mass is 565 g/mol. The molecule has 7 aromatic rings. The summed E-state index contributed by atoms with van der Waals surface area (Å²) in [6.45, 7) is 2.78. The first kappa shape index (κ1) is 26.7. The van der Waals surface area contributed by atoms with Gasteiger partial charge in [0, 0.05) is 41.8 Å². The molecule has 4 aromatic carbocycles. The number of aromatic nitrogens is 3. The van der Waals surface area contributed by atoms with Crippen LogP contribution in [-0.2, 0) is 13.0 Å². The number of carboxylic acids is 1. The molecule has 0 aliphatic heterocycles. The van der Waals surface area contributed by atoms with Crippen molar-refractivity contribution < 1.29 is 15.0 Å². The first-order valence-corrected chi connectivity index (χ1v) is 14.5. The number of aliphatic hydroxyl groups is 1. The predicted octanol–water partition coefficient (Wildman–Crippen LogP) is 7.83. The van der Waals surface area contributed by atoms with Crippen LogP contribution in [0.3, 0.4) is 0 Å². The van der Waals surface area contributed by atoms with E-state index in [1.807, 2.05) is 91.1 Å². The van der Waals surface area contributed by atoms with Crippen molar-refractivity contribution in [2.45, 2.75) is 32.4 Å². The summed E-state index contributed by atoms with van der Waals surface area (Å²) in [5.74, 6) is -0.973. The van der Waals surface area contributed by atoms with Gasteiger partial charge in [-0.3, -0.25) is 0 Å². The van der Waals surface area contributed by atoms with Gasteiger partial charge in [-0.05, 0) is 59.0 Å². The topological polar surface area (TPSA) is 79.8 Å². The van der Waals surface area contributed by atoms with E-state index in [1.54, 1.807) is 0 Å². The Balaban J connectivity index is 1.35. The minimum Gasteiger partial charge on any atom is -0.478 e. The van der Waals surface area contributed by atoms with Crippen LogP contribution in [0.25, 0.3) is 38.6 Å². The quantitative estimate of drug-likeness (QED) is 0.197. The predicted molar refractivity (Wildman–Crippen MR) is 171 cm³/mol. The Morgan fingerprint density at radius 3 is 2.51 bits per heavy atom. The second-order valence-corrected chi connectivity index (χ2v) is 11.1. The Kier molecular flexibility index (Phi) is 6.76. The smallest absolute Gasteiger partial charge is 0.337 e. The number of aryl methyl sites for hydroxylation is 2. The molecule has 3 aromatic heterocycles. The van der Waals surface area contributed by atoms with E-state index in [0.29, 0.717) is 36.0 Å². The van der Waals surface area contributed by atoms with E-state index < -0.39 is 12.1 Å². The number of nitrogens with zero attached hydrogens (tertiary/aromatic N) is 3. The number of carbonyl (C=O) groups is 1. The Morgan fingerprint density at radius 2 is 1.67 bits per heavy atom. The fourth-order valence-electron chi connectivity index (χ4n) is 6.36. The first-order valence-electron chi connectivity index (χ1n) is 14.5. The molecule has 3 heterocycles. The average molecular weight is 566 g/mol. The summed E-state index contributed by atoms with van der Waals surface area (Å²) in [5, 5.41) is 24.0. The van der Waals surface area contributed by atoms with E-state index in [0.717, 1.165) is 33.4 Å². The summed E-state index contributed by atoms with van der Waals surface area (Å²) >= 11 is 0. The summed E-state index contributed by atoms with van der Waals surface area (Å²) in [7, 11) is 0. The van der Waals surface area contributed by atoms with Crippen molar-refractivity contribution in [3.05, 3.63) is 143 Å². The lowest BCUT2D eigenvalue weighted by molar-refractivity contribution is 0.0700. The molecule has 6 nitrogen and oxygen atoms in total. The van der Waals surface area contributed by atoms with Crippen molar-refractivity contribution in [2.24, 2.45) is 0 Å². The maximum atomic E-state index is 12.7. The van der Waals surface area contributed by atoms with Gasteiger partial charge in [0.2, 0.25) is 0 Å². The molecule has 212 valence electrons. The van der Waals surface area contributed by atoms with E-state index >= 15 is 0 Å². The highest BCUT2D eigenvalue weighted by Crippen LogP contribution is 2.35. The number of benzene rings is 4. The summed E-state index contributed by atoms with van der Waals surface area (Å²) in [6, 6.07) is 33.4. The molecule has 2 N–H and O–H groups in total. The fraction of sp³-hybridized carbons (Fsp3) is 0.135. The van der Waals surface area contributed by atoms with Crippen LogP contribution < -0.4 is 0 Å². The lowest BCUT2D eigenvalue weighted by Gasteiger charge is -2.12. The second-order valence-electron chi connectivity index (χ2n) is 11.1. The van der Waals surface area contributed by atoms with Gasteiger partial charge in [-0.2, -0.15) is 0 Å². The average Bonchev–Trinajstić information content (AvgIpc) is 3.58. The van der Waals surface area contributed by atoms with Crippen LogP contribution >= 0.6 is 0 Å². The Labute approximate surface area is 249 Å². The van der Waals surface area contributed by atoms with Gasteiger partial charge in [0.25, 0.3) is 0 Å². The van der Waals surface area contributed by atoms with Crippen molar-refractivity contribution in [1.82, 2.24) is 14.0 Å². The van der Waals surface area contributed by atoms with E-state index in [2.05, 4.69) is 40.3 Å². The highest BCUT2D eigenvalue weighted by molar-refractivity contribution is 6.09. The van der Waals surface area contributed by atoms with Gasteiger partial charge in [-0.25, -0.2) is 9.78 Å². The molecule has 0 spiro atoms. The molecule has 0 aliphatic carbocycles. The Hall–Kier alpha value is -5.20. The highest BCUT2D eigenvalue weighted by Gasteiger charge is 2.23. The third-order valence-corrected chi connectivity index (χ3v) is 8.41. The molecule has 0 fully saturated rings.